The van der Waals surface area contributed by atoms with E-state index in [1.165, 1.54) is 0 Å². The van der Waals surface area contributed by atoms with Crippen molar-refractivity contribution in [3.8, 4) is 0 Å². The summed E-state index contributed by atoms with van der Waals surface area (Å²) in [4.78, 5) is 10.3. The second-order valence-corrected chi connectivity index (χ2v) is 5.89. The third-order valence-electron chi connectivity index (χ3n) is 2.76. The highest BCUT2D eigenvalue weighted by Crippen LogP contribution is 2.24. The fourth-order valence-electron chi connectivity index (χ4n) is 1.93. The van der Waals surface area contributed by atoms with Crippen molar-refractivity contribution in [3.05, 3.63) is 0 Å². The van der Waals surface area contributed by atoms with Crippen LogP contribution in [0, 0.1) is 5.92 Å². The van der Waals surface area contributed by atoms with Gasteiger partial charge in [0.1, 0.15) is 0 Å². The van der Waals surface area contributed by atoms with E-state index in [1.807, 2.05) is 6.92 Å². The van der Waals surface area contributed by atoms with Crippen molar-refractivity contribution in [2.45, 2.75) is 38.6 Å². The maximum atomic E-state index is 11.4. The summed E-state index contributed by atoms with van der Waals surface area (Å²) >= 11 is 0. The number of rotatable bonds is 4. The lowest BCUT2D eigenvalue weighted by Crippen LogP contribution is -2.43. The van der Waals surface area contributed by atoms with Gasteiger partial charge in [0.15, 0.2) is 5.75 Å². The number of carboxylic acids is 1. The Morgan fingerprint density at radius 2 is 2.00 bits per heavy atom. The number of aliphatic carboxylic acids is 1. The monoisotopic (exact) mass is 235 g/mol. The molecule has 5 nitrogen and oxygen atoms in total. The molecule has 0 saturated heterocycles. The van der Waals surface area contributed by atoms with Crippen LogP contribution in [0.3, 0.4) is 0 Å². The Balaban J connectivity index is 2.55. The Labute approximate surface area is 89.9 Å². The van der Waals surface area contributed by atoms with Gasteiger partial charge in [0.2, 0.25) is 10.0 Å². The van der Waals surface area contributed by atoms with E-state index in [0.29, 0.717) is 5.92 Å². The smallest absolute Gasteiger partial charge is 0.320 e. The van der Waals surface area contributed by atoms with Crippen LogP contribution in [-0.4, -0.2) is 31.3 Å². The first-order valence-corrected chi connectivity index (χ1v) is 6.78. The van der Waals surface area contributed by atoms with Crippen LogP contribution in [0.4, 0.5) is 0 Å². The predicted molar refractivity (Wildman–Crippen MR) is 56.0 cm³/mol. The summed E-state index contributed by atoms with van der Waals surface area (Å²) in [6, 6.07) is -0.0944. The van der Waals surface area contributed by atoms with Crippen molar-refractivity contribution in [1.29, 1.82) is 0 Å². The molecule has 1 saturated carbocycles. The first kappa shape index (κ1) is 12.4. The standard InChI is InChI=1S/C9H17NO4S/c1-7-4-2-3-5-8(7)10-15(13,14)6-9(11)12/h7-8,10H,2-6H2,1H3,(H,11,12). The molecule has 6 heteroatoms. The minimum absolute atomic E-state index is 0.0944. The number of hydrogen-bond acceptors (Lipinski definition) is 3. The van der Waals surface area contributed by atoms with E-state index in [4.69, 9.17) is 5.11 Å². The lowest BCUT2D eigenvalue weighted by Gasteiger charge is -2.28. The average Bonchev–Trinajstić information content (AvgIpc) is 2.06. The van der Waals surface area contributed by atoms with Crippen LogP contribution in [0.1, 0.15) is 32.6 Å². The number of carboxylic acid groups (broad SMARTS) is 1. The molecule has 0 radical (unpaired) electrons. The summed E-state index contributed by atoms with van der Waals surface area (Å²) < 4.78 is 25.2. The van der Waals surface area contributed by atoms with Gasteiger partial charge >= 0.3 is 5.97 Å². The molecule has 0 heterocycles. The second-order valence-electron chi connectivity index (χ2n) is 4.14. The van der Waals surface area contributed by atoms with E-state index >= 15 is 0 Å². The predicted octanol–water partition coefficient (Wildman–Crippen LogP) is 0.569. The van der Waals surface area contributed by atoms with Crippen LogP contribution in [0.5, 0.6) is 0 Å². The van der Waals surface area contributed by atoms with Crippen LogP contribution in [0.2, 0.25) is 0 Å². The van der Waals surface area contributed by atoms with Crippen LogP contribution in [-0.2, 0) is 14.8 Å². The van der Waals surface area contributed by atoms with Crippen molar-refractivity contribution < 1.29 is 18.3 Å². The summed E-state index contributed by atoms with van der Waals surface area (Å²) in [5.41, 5.74) is 0. The molecule has 88 valence electrons. The summed E-state index contributed by atoms with van der Waals surface area (Å²) in [6.45, 7) is 1.99. The number of sulfonamides is 1. The molecule has 0 aliphatic heterocycles. The van der Waals surface area contributed by atoms with E-state index in [9.17, 15) is 13.2 Å². The van der Waals surface area contributed by atoms with Crippen molar-refractivity contribution in [1.82, 2.24) is 4.72 Å². The van der Waals surface area contributed by atoms with Gasteiger partial charge < -0.3 is 5.11 Å². The van der Waals surface area contributed by atoms with E-state index in [0.717, 1.165) is 25.7 Å². The molecular formula is C9H17NO4S. The number of nitrogens with one attached hydrogen (secondary N) is 1. The highest BCUT2D eigenvalue weighted by atomic mass is 32.2. The molecule has 0 aromatic carbocycles. The van der Waals surface area contributed by atoms with Crippen molar-refractivity contribution in [2.24, 2.45) is 5.92 Å². The van der Waals surface area contributed by atoms with Gasteiger partial charge in [-0.15, -0.1) is 0 Å². The minimum Gasteiger partial charge on any atom is -0.480 e. The van der Waals surface area contributed by atoms with E-state index in [1.54, 1.807) is 0 Å². The topological polar surface area (TPSA) is 83.5 Å². The molecule has 0 spiro atoms. The lowest BCUT2D eigenvalue weighted by molar-refractivity contribution is -0.134. The summed E-state index contributed by atoms with van der Waals surface area (Å²) in [7, 11) is -3.66. The molecule has 0 amide bonds. The molecule has 0 aromatic rings. The van der Waals surface area contributed by atoms with E-state index in [2.05, 4.69) is 4.72 Å². The van der Waals surface area contributed by atoms with E-state index in [-0.39, 0.29) is 6.04 Å². The largest absolute Gasteiger partial charge is 0.480 e. The summed E-state index contributed by atoms with van der Waals surface area (Å²) in [6.07, 6.45) is 3.93. The first-order chi connectivity index (χ1) is 6.91. The van der Waals surface area contributed by atoms with Gasteiger partial charge in [-0.2, -0.15) is 0 Å². The SMILES string of the molecule is CC1CCCCC1NS(=O)(=O)CC(=O)O. The molecule has 0 aromatic heterocycles. The quantitative estimate of drug-likeness (QED) is 0.746. The third kappa shape index (κ3) is 4.17. The van der Waals surface area contributed by atoms with Gasteiger partial charge in [-0.25, -0.2) is 13.1 Å². The van der Waals surface area contributed by atoms with Crippen LogP contribution < -0.4 is 4.72 Å². The highest BCUT2D eigenvalue weighted by molar-refractivity contribution is 7.90. The van der Waals surface area contributed by atoms with Gasteiger partial charge in [0, 0.05) is 6.04 Å². The van der Waals surface area contributed by atoms with Crippen LogP contribution in [0.15, 0.2) is 0 Å². The second kappa shape index (κ2) is 4.94. The fourth-order valence-corrected chi connectivity index (χ4v) is 3.15. The molecule has 2 atom stereocenters. The Hall–Kier alpha value is -0.620. The Bertz CT molecular complexity index is 325. The van der Waals surface area contributed by atoms with Gasteiger partial charge in [-0.3, -0.25) is 4.79 Å². The van der Waals surface area contributed by atoms with E-state index < -0.39 is 21.7 Å². The maximum Gasteiger partial charge on any atom is 0.320 e. The zero-order valence-electron chi connectivity index (χ0n) is 8.77. The molecule has 15 heavy (non-hydrogen) atoms. The van der Waals surface area contributed by atoms with Crippen molar-refractivity contribution in [2.75, 3.05) is 5.75 Å². The average molecular weight is 235 g/mol. The minimum atomic E-state index is -3.66. The molecule has 2 N–H and O–H groups in total. The Morgan fingerprint density at radius 1 is 1.40 bits per heavy atom. The fraction of sp³-hybridized carbons (Fsp3) is 0.889. The molecular weight excluding hydrogens is 218 g/mol. The Kier molecular flexibility index (Phi) is 4.10. The summed E-state index contributed by atoms with van der Waals surface area (Å²) in [5.74, 6) is -1.86. The van der Waals surface area contributed by atoms with Crippen molar-refractivity contribution in [3.63, 3.8) is 0 Å². The van der Waals surface area contributed by atoms with Gasteiger partial charge in [0.25, 0.3) is 0 Å². The lowest BCUT2D eigenvalue weighted by atomic mass is 9.87. The zero-order valence-corrected chi connectivity index (χ0v) is 9.59. The maximum absolute atomic E-state index is 11.4. The highest BCUT2D eigenvalue weighted by Gasteiger charge is 2.26. The normalized spacial score (nSPS) is 27.5. The first-order valence-electron chi connectivity index (χ1n) is 5.12. The van der Waals surface area contributed by atoms with Gasteiger partial charge in [-0.05, 0) is 18.8 Å². The van der Waals surface area contributed by atoms with Crippen LogP contribution in [0.25, 0.3) is 0 Å². The van der Waals surface area contributed by atoms with Crippen molar-refractivity contribution >= 4 is 16.0 Å². The summed E-state index contributed by atoms with van der Waals surface area (Å²) in [5, 5.41) is 8.43. The number of hydrogen-bond donors (Lipinski definition) is 2. The molecule has 2 unspecified atom stereocenters. The number of carbonyl (C=O) groups is 1. The molecule has 1 aliphatic rings. The van der Waals surface area contributed by atoms with Crippen LogP contribution >= 0.6 is 0 Å². The molecule has 1 fully saturated rings. The third-order valence-corrected chi connectivity index (χ3v) is 4.04. The molecule has 0 bridgehead atoms. The van der Waals surface area contributed by atoms with Gasteiger partial charge in [0.05, 0.1) is 0 Å². The Morgan fingerprint density at radius 3 is 2.53 bits per heavy atom. The zero-order chi connectivity index (χ0) is 11.5. The molecule has 1 aliphatic carbocycles. The van der Waals surface area contributed by atoms with Gasteiger partial charge in [-0.1, -0.05) is 19.8 Å². The molecule has 1 rings (SSSR count).